The second-order valence-electron chi connectivity index (χ2n) is 7.64. The Kier molecular flexibility index (Phi) is 5.20. The van der Waals surface area contributed by atoms with Gasteiger partial charge < -0.3 is 9.88 Å². The number of nitrogens with zero attached hydrogens (tertiary/aromatic N) is 4. The van der Waals surface area contributed by atoms with Crippen molar-refractivity contribution >= 4 is 29.1 Å². The number of hydrogen-bond acceptors (Lipinski definition) is 4. The van der Waals surface area contributed by atoms with Gasteiger partial charge in [0.15, 0.2) is 0 Å². The summed E-state index contributed by atoms with van der Waals surface area (Å²) < 4.78 is 1.61. The lowest BCUT2D eigenvalue weighted by molar-refractivity contribution is 0.0726. The normalized spacial score (nSPS) is 13.7. The Labute approximate surface area is 183 Å². The maximum absolute atomic E-state index is 13.4. The first-order valence-electron chi connectivity index (χ1n) is 9.55. The van der Waals surface area contributed by atoms with Crippen LogP contribution in [-0.4, -0.2) is 37.3 Å². The van der Waals surface area contributed by atoms with Crippen molar-refractivity contribution in [3.05, 3.63) is 66.2 Å². The molecule has 30 heavy (non-hydrogen) atoms. The van der Waals surface area contributed by atoms with E-state index in [1.165, 1.54) is 0 Å². The van der Waals surface area contributed by atoms with E-state index in [1.807, 2.05) is 26.8 Å². The maximum atomic E-state index is 13.4. The number of aryl methyl sites for hydroxylation is 4. The molecule has 1 aliphatic heterocycles. The van der Waals surface area contributed by atoms with Crippen molar-refractivity contribution < 1.29 is 4.79 Å². The largest absolute Gasteiger partial charge is 0.334 e. The van der Waals surface area contributed by atoms with Gasteiger partial charge in [0.25, 0.3) is 11.5 Å². The highest BCUT2D eigenvalue weighted by atomic mass is 35.5. The Morgan fingerprint density at radius 1 is 1.17 bits per heavy atom. The molecule has 3 aromatic rings. The highest BCUT2D eigenvalue weighted by Crippen LogP contribution is 2.40. The van der Waals surface area contributed by atoms with E-state index in [2.05, 4.69) is 15.3 Å². The van der Waals surface area contributed by atoms with Gasteiger partial charge in [-0.3, -0.25) is 9.59 Å². The minimum Gasteiger partial charge on any atom is -0.334 e. The molecule has 2 aromatic heterocycles. The van der Waals surface area contributed by atoms with Crippen LogP contribution in [0.2, 0.25) is 10.0 Å². The van der Waals surface area contributed by atoms with Gasteiger partial charge in [0.2, 0.25) is 0 Å². The summed E-state index contributed by atoms with van der Waals surface area (Å²) in [6.07, 6.45) is 0.561. The van der Waals surface area contributed by atoms with Gasteiger partial charge in [0.1, 0.15) is 0 Å². The van der Waals surface area contributed by atoms with Crippen LogP contribution in [0.4, 0.5) is 0 Å². The SMILES string of the molecule is Cc1cc(C)c(CN2CCc3c(Cl)cc(-c4c(C)nnn4C)c(Cl)c3C2=O)c(=O)[nH]1. The topological polar surface area (TPSA) is 83.9 Å². The molecule has 0 unspecified atom stereocenters. The highest BCUT2D eigenvalue weighted by Gasteiger charge is 2.32. The van der Waals surface area contributed by atoms with Crippen molar-refractivity contribution in [2.75, 3.05) is 6.54 Å². The molecule has 156 valence electrons. The van der Waals surface area contributed by atoms with E-state index in [-0.39, 0.29) is 18.0 Å². The average Bonchev–Trinajstić information content (AvgIpc) is 3.00. The number of rotatable bonds is 3. The molecule has 1 aliphatic rings. The van der Waals surface area contributed by atoms with Crippen LogP contribution >= 0.6 is 23.2 Å². The number of fused-ring (bicyclic) bond motifs is 1. The molecular weight excluding hydrogens is 425 g/mol. The number of nitrogens with one attached hydrogen (secondary N) is 1. The summed E-state index contributed by atoms with van der Waals surface area (Å²) in [7, 11) is 1.76. The summed E-state index contributed by atoms with van der Waals surface area (Å²) in [5.41, 5.74) is 5.16. The third-order valence-corrected chi connectivity index (χ3v) is 6.27. The first-order chi connectivity index (χ1) is 14.2. The van der Waals surface area contributed by atoms with Gasteiger partial charge in [-0.1, -0.05) is 28.4 Å². The lowest BCUT2D eigenvalue weighted by atomic mass is 9.94. The van der Waals surface area contributed by atoms with Crippen molar-refractivity contribution in [3.8, 4) is 11.3 Å². The molecule has 0 fully saturated rings. The first-order valence-corrected chi connectivity index (χ1v) is 10.3. The van der Waals surface area contributed by atoms with Crippen LogP contribution in [0, 0.1) is 20.8 Å². The highest BCUT2D eigenvalue weighted by molar-refractivity contribution is 6.39. The van der Waals surface area contributed by atoms with Crippen LogP contribution in [0.15, 0.2) is 16.9 Å². The van der Waals surface area contributed by atoms with Crippen molar-refractivity contribution in [3.63, 3.8) is 0 Å². The molecule has 9 heteroatoms. The van der Waals surface area contributed by atoms with Crippen LogP contribution in [0.3, 0.4) is 0 Å². The van der Waals surface area contributed by atoms with Crippen LogP contribution < -0.4 is 5.56 Å². The molecule has 0 saturated carbocycles. The second kappa shape index (κ2) is 7.56. The van der Waals surface area contributed by atoms with E-state index in [9.17, 15) is 9.59 Å². The molecule has 1 amide bonds. The molecule has 0 aliphatic carbocycles. The first kappa shape index (κ1) is 20.6. The van der Waals surface area contributed by atoms with Crippen LogP contribution in [0.1, 0.15) is 38.4 Å². The Bertz CT molecular complexity index is 1230. The van der Waals surface area contributed by atoms with Crippen molar-refractivity contribution in [2.45, 2.75) is 33.7 Å². The smallest absolute Gasteiger partial charge is 0.256 e. The fourth-order valence-corrected chi connectivity index (χ4v) is 4.70. The number of aromatic nitrogens is 4. The number of carbonyl (C=O) groups excluding carboxylic acids is 1. The van der Waals surface area contributed by atoms with Crippen LogP contribution in [0.25, 0.3) is 11.3 Å². The van der Waals surface area contributed by atoms with Gasteiger partial charge in [-0.05, 0) is 50.5 Å². The summed E-state index contributed by atoms with van der Waals surface area (Å²) in [4.78, 5) is 30.3. The van der Waals surface area contributed by atoms with Crippen molar-refractivity contribution in [1.82, 2.24) is 24.9 Å². The molecule has 0 atom stereocenters. The number of H-pyrrole nitrogens is 1. The molecule has 3 heterocycles. The third kappa shape index (κ3) is 3.32. The van der Waals surface area contributed by atoms with Crippen molar-refractivity contribution in [1.29, 1.82) is 0 Å². The fourth-order valence-electron chi connectivity index (χ4n) is 4.06. The Morgan fingerprint density at radius 3 is 2.53 bits per heavy atom. The number of benzene rings is 1. The van der Waals surface area contributed by atoms with Gasteiger partial charge in [-0.25, -0.2) is 4.68 Å². The molecule has 1 aromatic carbocycles. The zero-order valence-corrected chi connectivity index (χ0v) is 18.6. The van der Waals surface area contributed by atoms with Crippen LogP contribution in [-0.2, 0) is 20.0 Å². The molecule has 1 N–H and O–H groups in total. The third-order valence-electron chi connectivity index (χ3n) is 5.54. The lowest BCUT2D eigenvalue weighted by Crippen LogP contribution is -2.39. The van der Waals surface area contributed by atoms with E-state index in [0.29, 0.717) is 51.1 Å². The number of carbonyl (C=O) groups is 1. The van der Waals surface area contributed by atoms with Gasteiger partial charge in [-0.2, -0.15) is 0 Å². The van der Waals surface area contributed by atoms with Gasteiger partial charge >= 0.3 is 0 Å². The molecule has 0 spiro atoms. The predicted octanol–water partition coefficient (Wildman–Crippen LogP) is 3.60. The number of hydrogen-bond donors (Lipinski definition) is 1. The summed E-state index contributed by atoms with van der Waals surface area (Å²) in [5.74, 6) is -0.239. The lowest BCUT2D eigenvalue weighted by Gasteiger charge is -2.30. The van der Waals surface area contributed by atoms with E-state index < -0.39 is 0 Å². The second-order valence-corrected chi connectivity index (χ2v) is 8.43. The molecule has 0 radical (unpaired) electrons. The standard InChI is InChI=1S/C21H21Cl2N5O2/c1-10-7-11(2)24-20(29)15(10)9-28-6-5-13-16(22)8-14(18(23)17(13)21(28)30)19-12(3)25-26-27(19)4/h7-8H,5-6,9H2,1-4H3,(H,24,29). The molecule has 0 bridgehead atoms. The number of amides is 1. The molecule has 0 saturated heterocycles. The van der Waals surface area contributed by atoms with Crippen LogP contribution in [0.5, 0.6) is 0 Å². The molecule has 4 rings (SSSR count). The van der Waals surface area contributed by atoms with Gasteiger partial charge in [0, 0.05) is 35.4 Å². The zero-order chi connectivity index (χ0) is 21.7. The van der Waals surface area contributed by atoms with Gasteiger partial charge in [-0.15, -0.1) is 5.10 Å². The number of aromatic amines is 1. The van der Waals surface area contributed by atoms with E-state index in [0.717, 1.165) is 16.8 Å². The maximum Gasteiger partial charge on any atom is 0.256 e. The monoisotopic (exact) mass is 445 g/mol. The summed E-state index contributed by atoms with van der Waals surface area (Å²) >= 11 is 13.3. The molecular formula is C21H21Cl2N5O2. The predicted molar refractivity (Wildman–Crippen MR) is 116 cm³/mol. The Morgan fingerprint density at radius 2 is 1.90 bits per heavy atom. The zero-order valence-electron chi connectivity index (χ0n) is 17.1. The quantitative estimate of drug-likeness (QED) is 0.667. The minimum atomic E-state index is -0.239. The number of halogens is 2. The summed E-state index contributed by atoms with van der Waals surface area (Å²) in [6, 6.07) is 3.67. The van der Waals surface area contributed by atoms with E-state index in [4.69, 9.17) is 23.2 Å². The Balaban J connectivity index is 1.79. The Hall–Kier alpha value is -2.64. The average molecular weight is 446 g/mol. The minimum absolute atomic E-state index is 0.180. The fraction of sp³-hybridized carbons (Fsp3) is 0.333. The summed E-state index contributed by atoms with van der Waals surface area (Å²) in [6.45, 7) is 6.20. The van der Waals surface area contributed by atoms with E-state index in [1.54, 1.807) is 22.7 Å². The summed E-state index contributed by atoms with van der Waals surface area (Å²) in [5, 5.41) is 8.91. The van der Waals surface area contributed by atoms with Crippen molar-refractivity contribution in [2.24, 2.45) is 7.05 Å². The van der Waals surface area contributed by atoms with E-state index >= 15 is 0 Å². The number of pyridine rings is 1. The molecule has 7 nitrogen and oxygen atoms in total. The van der Waals surface area contributed by atoms with Gasteiger partial charge in [0.05, 0.1) is 28.5 Å².